The minimum absolute atomic E-state index is 0.0111. The Bertz CT molecular complexity index is 1840. The quantitative estimate of drug-likeness (QED) is 0.163. The summed E-state index contributed by atoms with van der Waals surface area (Å²) in [5.41, 5.74) is 12.3. The molecule has 2 aliphatic rings. The van der Waals surface area contributed by atoms with E-state index in [0.29, 0.717) is 0 Å². The molecule has 0 unspecified atom stereocenters. The van der Waals surface area contributed by atoms with Crippen LogP contribution in [0, 0.1) is 6.92 Å². The molecule has 2 heteroatoms. The fourth-order valence-electron chi connectivity index (χ4n) is 7.45. The van der Waals surface area contributed by atoms with Crippen molar-refractivity contribution in [3.05, 3.63) is 180 Å². The zero-order chi connectivity index (χ0) is 32.1. The summed E-state index contributed by atoms with van der Waals surface area (Å²) in [4.78, 5) is 4.74. The molecular weight excluding hydrogens is 569 g/mol. The van der Waals surface area contributed by atoms with Crippen LogP contribution in [0.1, 0.15) is 67.2 Å². The molecule has 2 aliphatic carbocycles. The van der Waals surface area contributed by atoms with Crippen LogP contribution in [-0.2, 0) is 5.41 Å². The normalized spacial score (nSPS) is 15.5. The van der Waals surface area contributed by atoms with E-state index in [0.717, 1.165) is 35.5 Å². The Balaban J connectivity index is 1.24. The Morgan fingerprint density at radius 2 is 1.06 bits per heavy atom. The standard InChI is InChI=1S/C45H44N2/c1-3-36-19-27-42(28-20-36)47(40-15-9-5-10-16-40)44-31-23-38(24-32-44)45(33-11-6-12-34-45)37-21-29-43(30-22-37)46(39-13-7-4-8-14-39)41-25-17-35(2)18-26-41/h3,5,7,9-10,13-32H,1,4,6,8,11-12,33-34H2,2H3. The second kappa shape index (κ2) is 13.7. The summed E-state index contributed by atoms with van der Waals surface area (Å²) in [7, 11) is 0. The number of hydrogen-bond acceptors (Lipinski definition) is 2. The number of para-hydroxylation sites is 1. The second-order valence-electron chi connectivity index (χ2n) is 13.0. The van der Waals surface area contributed by atoms with Gasteiger partial charge in [0.1, 0.15) is 0 Å². The van der Waals surface area contributed by atoms with Crippen LogP contribution >= 0.6 is 0 Å². The third-order valence-corrected chi connectivity index (χ3v) is 9.99. The molecule has 5 aromatic carbocycles. The Hall–Kier alpha value is -5.08. The number of anilines is 5. The van der Waals surface area contributed by atoms with Crippen molar-refractivity contribution in [1.29, 1.82) is 0 Å². The van der Waals surface area contributed by atoms with Gasteiger partial charge in [0.05, 0.1) is 0 Å². The lowest BCUT2D eigenvalue weighted by Gasteiger charge is -2.39. The summed E-state index contributed by atoms with van der Waals surface area (Å²) in [6.07, 6.45) is 17.2. The lowest BCUT2D eigenvalue weighted by molar-refractivity contribution is 0.346. The van der Waals surface area contributed by atoms with Crippen molar-refractivity contribution in [3.63, 3.8) is 0 Å². The summed E-state index contributed by atoms with van der Waals surface area (Å²) in [5, 5.41) is 0. The first-order valence-electron chi connectivity index (χ1n) is 17.2. The molecule has 0 N–H and O–H groups in total. The van der Waals surface area contributed by atoms with E-state index in [-0.39, 0.29) is 5.41 Å². The van der Waals surface area contributed by atoms with Crippen molar-refractivity contribution in [2.24, 2.45) is 0 Å². The summed E-state index contributed by atoms with van der Waals surface area (Å²) >= 11 is 0. The lowest BCUT2D eigenvalue weighted by Crippen LogP contribution is -2.30. The van der Waals surface area contributed by atoms with Crippen molar-refractivity contribution < 1.29 is 0 Å². The zero-order valence-corrected chi connectivity index (χ0v) is 27.5. The van der Waals surface area contributed by atoms with Gasteiger partial charge in [0, 0.05) is 39.5 Å². The highest BCUT2D eigenvalue weighted by molar-refractivity contribution is 5.77. The van der Waals surface area contributed by atoms with E-state index in [1.807, 2.05) is 6.08 Å². The highest BCUT2D eigenvalue weighted by Gasteiger charge is 2.36. The number of aryl methyl sites for hydroxylation is 1. The lowest BCUT2D eigenvalue weighted by atomic mass is 9.65. The first-order valence-corrected chi connectivity index (χ1v) is 17.2. The van der Waals surface area contributed by atoms with Crippen molar-refractivity contribution in [3.8, 4) is 0 Å². The minimum Gasteiger partial charge on any atom is -0.311 e. The minimum atomic E-state index is 0.0111. The highest BCUT2D eigenvalue weighted by atomic mass is 15.1. The maximum absolute atomic E-state index is 3.94. The Morgan fingerprint density at radius 1 is 0.553 bits per heavy atom. The smallest absolute Gasteiger partial charge is 0.0462 e. The van der Waals surface area contributed by atoms with Crippen LogP contribution in [-0.4, -0.2) is 0 Å². The third kappa shape index (κ3) is 6.33. The fraction of sp³-hybridized carbons (Fsp3) is 0.200. The molecule has 1 fully saturated rings. The maximum Gasteiger partial charge on any atom is 0.0462 e. The van der Waals surface area contributed by atoms with E-state index < -0.39 is 0 Å². The summed E-state index contributed by atoms with van der Waals surface area (Å²) < 4.78 is 0. The van der Waals surface area contributed by atoms with E-state index in [1.54, 1.807) is 0 Å². The molecule has 47 heavy (non-hydrogen) atoms. The van der Waals surface area contributed by atoms with Gasteiger partial charge in [-0.1, -0.05) is 116 Å². The van der Waals surface area contributed by atoms with Gasteiger partial charge in [0.25, 0.3) is 0 Å². The molecule has 0 radical (unpaired) electrons. The predicted octanol–water partition coefficient (Wildman–Crippen LogP) is 12.7. The van der Waals surface area contributed by atoms with E-state index in [2.05, 4.69) is 169 Å². The first kappa shape index (κ1) is 30.6. The van der Waals surface area contributed by atoms with Crippen LogP contribution in [0.25, 0.3) is 6.08 Å². The van der Waals surface area contributed by atoms with Crippen LogP contribution in [0.4, 0.5) is 28.4 Å². The summed E-state index contributed by atoms with van der Waals surface area (Å²) in [6.45, 7) is 6.09. The average Bonchev–Trinajstić information content (AvgIpc) is 3.15. The number of benzene rings is 5. The van der Waals surface area contributed by atoms with Crippen molar-refractivity contribution in [1.82, 2.24) is 0 Å². The first-order chi connectivity index (χ1) is 23.1. The third-order valence-electron chi connectivity index (χ3n) is 9.99. The summed E-state index contributed by atoms with van der Waals surface area (Å²) in [5.74, 6) is 0. The Kier molecular flexibility index (Phi) is 8.93. The van der Waals surface area contributed by atoms with Gasteiger partial charge in [0.15, 0.2) is 0 Å². The number of rotatable bonds is 9. The highest BCUT2D eigenvalue weighted by Crippen LogP contribution is 2.47. The molecular formula is C45H44N2. The van der Waals surface area contributed by atoms with E-state index in [1.165, 1.54) is 65.9 Å². The van der Waals surface area contributed by atoms with Crippen LogP contribution in [0.15, 0.2) is 158 Å². The van der Waals surface area contributed by atoms with Gasteiger partial charge in [-0.15, -0.1) is 0 Å². The number of hydrogen-bond donors (Lipinski definition) is 0. The van der Waals surface area contributed by atoms with Crippen LogP contribution < -0.4 is 9.80 Å². The van der Waals surface area contributed by atoms with Crippen molar-refractivity contribution in [2.75, 3.05) is 9.80 Å². The van der Waals surface area contributed by atoms with E-state index >= 15 is 0 Å². The van der Waals surface area contributed by atoms with Crippen LogP contribution in [0.3, 0.4) is 0 Å². The van der Waals surface area contributed by atoms with Gasteiger partial charge in [-0.25, -0.2) is 0 Å². The van der Waals surface area contributed by atoms with Gasteiger partial charge in [-0.05, 0) is 116 Å². The molecule has 0 aromatic heterocycles. The molecule has 0 spiro atoms. The summed E-state index contributed by atoms with van der Waals surface area (Å²) in [6, 6.07) is 47.1. The molecule has 7 rings (SSSR count). The molecule has 0 atom stereocenters. The fourth-order valence-corrected chi connectivity index (χ4v) is 7.45. The molecule has 0 saturated heterocycles. The molecule has 0 amide bonds. The molecule has 0 bridgehead atoms. The van der Waals surface area contributed by atoms with Gasteiger partial charge < -0.3 is 9.80 Å². The zero-order valence-electron chi connectivity index (χ0n) is 27.5. The second-order valence-corrected chi connectivity index (χ2v) is 13.0. The average molecular weight is 613 g/mol. The molecule has 2 nitrogen and oxygen atoms in total. The molecule has 0 aliphatic heterocycles. The SMILES string of the molecule is C=Cc1ccc(N(c2ccccc2)c2ccc(C3(c4ccc(N(C5=CCCC=C5)c5ccc(C)cc5)cc4)CCCCC3)cc2)cc1. The van der Waals surface area contributed by atoms with Gasteiger partial charge >= 0.3 is 0 Å². The van der Waals surface area contributed by atoms with Gasteiger partial charge in [-0.3, -0.25) is 0 Å². The molecule has 0 heterocycles. The van der Waals surface area contributed by atoms with E-state index in [9.17, 15) is 0 Å². The largest absolute Gasteiger partial charge is 0.311 e. The number of allylic oxidation sites excluding steroid dienone is 3. The van der Waals surface area contributed by atoms with Crippen LogP contribution in [0.2, 0.25) is 0 Å². The Morgan fingerprint density at radius 3 is 1.60 bits per heavy atom. The van der Waals surface area contributed by atoms with E-state index in [4.69, 9.17) is 0 Å². The van der Waals surface area contributed by atoms with Gasteiger partial charge in [-0.2, -0.15) is 0 Å². The maximum atomic E-state index is 3.94. The van der Waals surface area contributed by atoms with Crippen molar-refractivity contribution >= 4 is 34.5 Å². The molecule has 1 saturated carbocycles. The molecule has 5 aromatic rings. The van der Waals surface area contributed by atoms with Crippen LogP contribution in [0.5, 0.6) is 0 Å². The Labute approximate surface area is 281 Å². The topological polar surface area (TPSA) is 6.48 Å². The number of nitrogens with zero attached hydrogens (tertiary/aromatic N) is 2. The van der Waals surface area contributed by atoms with Gasteiger partial charge in [0.2, 0.25) is 0 Å². The molecule has 234 valence electrons. The predicted molar refractivity (Wildman–Crippen MR) is 201 cm³/mol. The van der Waals surface area contributed by atoms with Crippen molar-refractivity contribution in [2.45, 2.75) is 57.3 Å². The monoisotopic (exact) mass is 612 g/mol.